The maximum absolute atomic E-state index is 11.4. The first-order valence-electron chi connectivity index (χ1n) is 4.59. The third-order valence-electron chi connectivity index (χ3n) is 2.19. The summed E-state index contributed by atoms with van der Waals surface area (Å²) in [6.45, 7) is 6.24. The van der Waals surface area contributed by atoms with Gasteiger partial charge in [0.05, 0.1) is 6.54 Å². The number of amides is 2. The highest BCUT2D eigenvalue weighted by Crippen LogP contribution is 2.21. The third-order valence-corrected chi connectivity index (χ3v) is 2.19. The van der Waals surface area contributed by atoms with Crippen molar-refractivity contribution in [3.63, 3.8) is 0 Å². The first-order valence-corrected chi connectivity index (χ1v) is 4.59. The molecular formula is C10H15NO2. The fourth-order valence-corrected chi connectivity index (χ4v) is 1.29. The highest BCUT2D eigenvalue weighted by Gasteiger charge is 2.35. The fourth-order valence-electron chi connectivity index (χ4n) is 1.29. The zero-order valence-corrected chi connectivity index (χ0v) is 8.39. The molecule has 0 spiro atoms. The van der Waals surface area contributed by atoms with Gasteiger partial charge in [0.1, 0.15) is 0 Å². The lowest BCUT2D eigenvalue weighted by Crippen LogP contribution is -2.50. The van der Waals surface area contributed by atoms with Crippen LogP contribution in [0.25, 0.3) is 0 Å². The van der Waals surface area contributed by atoms with Gasteiger partial charge in [0.2, 0.25) is 5.91 Å². The number of rotatable bonds is 2. The summed E-state index contributed by atoms with van der Waals surface area (Å²) in [5.74, 6) is -0.143. The molecule has 0 unspecified atom stereocenters. The molecule has 1 saturated heterocycles. The van der Waals surface area contributed by atoms with E-state index in [0.717, 1.165) is 17.6 Å². The molecule has 0 aromatic rings. The molecule has 0 radical (unpaired) electrons. The molecule has 0 N–H and O–H groups in total. The summed E-state index contributed by atoms with van der Waals surface area (Å²) in [4.78, 5) is 24.0. The number of nitrogens with zero attached hydrogens (tertiary/aromatic N) is 1. The summed E-state index contributed by atoms with van der Waals surface area (Å²) in [5, 5.41) is 0. The molecule has 0 aliphatic carbocycles. The van der Waals surface area contributed by atoms with Crippen LogP contribution in [0.5, 0.6) is 0 Å². The largest absolute Gasteiger partial charge is 0.274 e. The molecule has 13 heavy (non-hydrogen) atoms. The highest BCUT2D eigenvalue weighted by molar-refractivity contribution is 6.11. The van der Waals surface area contributed by atoms with Crippen LogP contribution in [0.3, 0.4) is 0 Å². The minimum Gasteiger partial charge on any atom is -0.274 e. The molecule has 3 heteroatoms. The number of hydrogen-bond acceptors (Lipinski definition) is 2. The van der Waals surface area contributed by atoms with E-state index in [1.54, 1.807) is 0 Å². The predicted octanol–water partition coefficient (Wildman–Crippen LogP) is 1.49. The number of imide groups is 1. The van der Waals surface area contributed by atoms with Gasteiger partial charge in [-0.1, -0.05) is 12.5 Å². The Morgan fingerprint density at radius 3 is 2.46 bits per heavy atom. The number of carbonyl (C=O) groups excluding carboxylic acids is 2. The Kier molecular flexibility index (Phi) is 2.86. The summed E-state index contributed by atoms with van der Waals surface area (Å²) in [7, 11) is 0. The average molecular weight is 181 g/mol. The van der Waals surface area contributed by atoms with E-state index >= 15 is 0 Å². The number of allylic oxidation sites excluding steroid dienone is 1. The molecule has 1 rings (SSSR count). The summed E-state index contributed by atoms with van der Waals surface area (Å²) in [6, 6.07) is 0. The Bertz CT molecular complexity index is 275. The van der Waals surface area contributed by atoms with E-state index in [1.807, 2.05) is 20.8 Å². The predicted molar refractivity (Wildman–Crippen MR) is 50.0 cm³/mol. The van der Waals surface area contributed by atoms with Crippen molar-refractivity contribution in [3.8, 4) is 0 Å². The van der Waals surface area contributed by atoms with Gasteiger partial charge in [0.15, 0.2) is 0 Å². The molecule has 1 aliphatic rings. The molecule has 2 amide bonds. The Balaban J connectivity index is 2.58. The maximum atomic E-state index is 11.4. The zero-order chi connectivity index (χ0) is 10.0. The van der Waals surface area contributed by atoms with Crippen LogP contribution in [0.4, 0.5) is 0 Å². The molecule has 0 atom stereocenters. The minimum atomic E-state index is -0.0987. The monoisotopic (exact) mass is 181 g/mol. The molecule has 0 saturated carbocycles. The van der Waals surface area contributed by atoms with Crippen molar-refractivity contribution < 1.29 is 9.59 Å². The lowest BCUT2D eigenvalue weighted by Gasteiger charge is -2.32. The first-order chi connectivity index (χ1) is 6.07. The molecule has 1 aliphatic heterocycles. The molecule has 0 aromatic carbocycles. The van der Waals surface area contributed by atoms with Crippen molar-refractivity contribution in [2.45, 2.75) is 33.6 Å². The van der Waals surface area contributed by atoms with Crippen LogP contribution in [-0.2, 0) is 9.59 Å². The van der Waals surface area contributed by atoms with Crippen LogP contribution in [0.2, 0.25) is 0 Å². The lowest BCUT2D eigenvalue weighted by atomic mass is 10.0. The van der Waals surface area contributed by atoms with E-state index in [2.05, 4.69) is 0 Å². The second-order valence-electron chi connectivity index (χ2n) is 3.51. The topological polar surface area (TPSA) is 37.4 Å². The SMILES string of the molecule is CCCC(=O)N1CC(=C(C)C)C1=O. The van der Waals surface area contributed by atoms with E-state index in [1.165, 1.54) is 4.90 Å². The summed E-state index contributed by atoms with van der Waals surface area (Å²) < 4.78 is 0. The minimum absolute atomic E-state index is 0.0440. The van der Waals surface area contributed by atoms with E-state index in [4.69, 9.17) is 0 Å². The van der Waals surface area contributed by atoms with Crippen molar-refractivity contribution in [1.29, 1.82) is 0 Å². The quantitative estimate of drug-likeness (QED) is 0.478. The van der Waals surface area contributed by atoms with Crippen molar-refractivity contribution in [2.75, 3.05) is 6.54 Å². The molecular weight excluding hydrogens is 166 g/mol. The van der Waals surface area contributed by atoms with E-state index < -0.39 is 0 Å². The van der Waals surface area contributed by atoms with Crippen LogP contribution in [0.1, 0.15) is 33.6 Å². The average Bonchev–Trinajstić information content (AvgIpc) is 2.01. The summed E-state index contributed by atoms with van der Waals surface area (Å²) >= 11 is 0. The molecule has 1 heterocycles. The lowest BCUT2D eigenvalue weighted by molar-refractivity contribution is -0.147. The van der Waals surface area contributed by atoms with Crippen molar-refractivity contribution >= 4 is 11.8 Å². The van der Waals surface area contributed by atoms with Gasteiger partial charge in [-0.05, 0) is 20.3 Å². The third kappa shape index (κ3) is 1.79. The van der Waals surface area contributed by atoms with Crippen LogP contribution >= 0.6 is 0 Å². The van der Waals surface area contributed by atoms with Gasteiger partial charge in [-0.25, -0.2) is 0 Å². The van der Waals surface area contributed by atoms with Crippen molar-refractivity contribution in [3.05, 3.63) is 11.1 Å². The normalized spacial score (nSPS) is 15.8. The number of likely N-dealkylation sites (tertiary alicyclic amines) is 1. The van der Waals surface area contributed by atoms with Gasteiger partial charge >= 0.3 is 0 Å². The number of β-lactam (4-membered cyclic amide) rings is 1. The van der Waals surface area contributed by atoms with E-state index in [9.17, 15) is 9.59 Å². The fraction of sp³-hybridized carbons (Fsp3) is 0.600. The Morgan fingerprint density at radius 1 is 1.46 bits per heavy atom. The van der Waals surface area contributed by atoms with E-state index in [0.29, 0.717) is 13.0 Å². The standard InChI is InChI=1S/C10H15NO2/c1-4-5-9(12)11-6-8(7(2)3)10(11)13/h4-6H2,1-3H3. The Hall–Kier alpha value is -1.12. The smallest absolute Gasteiger partial charge is 0.258 e. The Morgan fingerprint density at radius 2 is 2.08 bits per heavy atom. The molecule has 0 bridgehead atoms. The van der Waals surface area contributed by atoms with Gasteiger partial charge in [-0.3, -0.25) is 14.5 Å². The van der Waals surface area contributed by atoms with Crippen LogP contribution < -0.4 is 0 Å². The number of hydrogen-bond donors (Lipinski definition) is 0. The van der Waals surface area contributed by atoms with Crippen molar-refractivity contribution in [1.82, 2.24) is 4.90 Å². The van der Waals surface area contributed by atoms with Crippen LogP contribution in [-0.4, -0.2) is 23.3 Å². The molecule has 1 fully saturated rings. The molecule has 3 nitrogen and oxygen atoms in total. The van der Waals surface area contributed by atoms with Gasteiger partial charge in [0.25, 0.3) is 5.91 Å². The van der Waals surface area contributed by atoms with Crippen LogP contribution in [0, 0.1) is 0 Å². The maximum Gasteiger partial charge on any atom is 0.258 e. The van der Waals surface area contributed by atoms with Crippen molar-refractivity contribution in [2.24, 2.45) is 0 Å². The summed E-state index contributed by atoms with van der Waals surface area (Å²) in [5.41, 5.74) is 1.81. The molecule has 72 valence electrons. The van der Waals surface area contributed by atoms with Gasteiger partial charge in [0, 0.05) is 12.0 Å². The van der Waals surface area contributed by atoms with Crippen LogP contribution in [0.15, 0.2) is 11.1 Å². The first kappa shape index (κ1) is 9.96. The second-order valence-corrected chi connectivity index (χ2v) is 3.51. The second kappa shape index (κ2) is 3.73. The molecule has 0 aromatic heterocycles. The highest BCUT2D eigenvalue weighted by atomic mass is 16.2. The summed E-state index contributed by atoms with van der Waals surface area (Å²) in [6.07, 6.45) is 1.27. The van der Waals surface area contributed by atoms with Gasteiger partial charge < -0.3 is 0 Å². The zero-order valence-electron chi connectivity index (χ0n) is 8.39. The number of carbonyl (C=O) groups is 2. The van der Waals surface area contributed by atoms with Gasteiger partial charge in [-0.2, -0.15) is 0 Å². The van der Waals surface area contributed by atoms with Gasteiger partial charge in [-0.15, -0.1) is 0 Å². The van der Waals surface area contributed by atoms with E-state index in [-0.39, 0.29) is 11.8 Å². The Labute approximate surface area is 78.4 Å².